The number of benzene rings is 2. The Morgan fingerprint density at radius 2 is 1.71 bits per heavy atom. The highest BCUT2D eigenvalue weighted by molar-refractivity contribution is 14.0. The molecule has 2 aromatic carbocycles. The molecular weight excluding hydrogens is 467 g/mol. The zero-order valence-electron chi connectivity index (χ0n) is 16.6. The third-order valence-corrected chi connectivity index (χ3v) is 4.16. The summed E-state index contributed by atoms with van der Waals surface area (Å²) >= 11 is 0. The van der Waals surface area contributed by atoms with E-state index in [1.165, 1.54) is 0 Å². The van der Waals surface area contributed by atoms with Crippen LogP contribution in [0.1, 0.15) is 17.5 Å². The standard InChI is InChI=1S/C21H28N4O2.HI/c1-22-21(24-15-17-9-11-19(27-3)12-10-17)23-14-13-20(26)25(2)16-18-7-5-4-6-8-18;/h4-12H,13-16H2,1-3H3,(H2,22,23,24);1H. The molecular formula is C21H29IN4O2. The van der Waals surface area contributed by atoms with Gasteiger partial charge in [-0.25, -0.2) is 0 Å². The molecule has 2 rings (SSSR count). The number of carbonyl (C=O) groups is 1. The van der Waals surface area contributed by atoms with Crippen LogP contribution in [0.3, 0.4) is 0 Å². The number of methoxy groups -OCH3 is 1. The molecule has 0 aliphatic heterocycles. The number of halogens is 1. The van der Waals surface area contributed by atoms with E-state index in [1.54, 1.807) is 19.1 Å². The molecule has 7 heteroatoms. The van der Waals surface area contributed by atoms with Gasteiger partial charge in [-0.15, -0.1) is 24.0 Å². The maximum Gasteiger partial charge on any atom is 0.224 e. The number of guanidine groups is 1. The van der Waals surface area contributed by atoms with Crippen molar-refractivity contribution in [2.45, 2.75) is 19.5 Å². The van der Waals surface area contributed by atoms with E-state index in [0.717, 1.165) is 16.9 Å². The van der Waals surface area contributed by atoms with Crippen molar-refractivity contribution in [3.63, 3.8) is 0 Å². The molecule has 0 bridgehead atoms. The highest BCUT2D eigenvalue weighted by Crippen LogP contribution is 2.10. The van der Waals surface area contributed by atoms with Crippen LogP contribution in [0.25, 0.3) is 0 Å². The fourth-order valence-electron chi connectivity index (χ4n) is 2.57. The van der Waals surface area contributed by atoms with E-state index in [1.807, 2.05) is 61.6 Å². The molecule has 0 saturated heterocycles. The van der Waals surface area contributed by atoms with Gasteiger partial charge in [-0.05, 0) is 23.3 Å². The van der Waals surface area contributed by atoms with Gasteiger partial charge in [-0.1, -0.05) is 42.5 Å². The summed E-state index contributed by atoms with van der Waals surface area (Å²) in [6, 6.07) is 17.8. The van der Waals surface area contributed by atoms with E-state index >= 15 is 0 Å². The second kappa shape index (κ2) is 13.0. The van der Waals surface area contributed by atoms with Crippen molar-refractivity contribution in [2.24, 2.45) is 4.99 Å². The van der Waals surface area contributed by atoms with E-state index in [9.17, 15) is 4.79 Å². The lowest BCUT2D eigenvalue weighted by Gasteiger charge is -2.18. The molecule has 28 heavy (non-hydrogen) atoms. The first kappa shape index (κ1) is 23.7. The third kappa shape index (κ3) is 8.16. The number of nitrogens with one attached hydrogen (secondary N) is 2. The molecule has 0 saturated carbocycles. The minimum absolute atomic E-state index is 0. The molecule has 2 aromatic rings. The van der Waals surface area contributed by atoms with Gasteiger partial charge in [0.25, 0.3) is 0 Å². The van der Waals surface area contributed by atoms with Crippen molar-refractivity contribution in [3.05, 3.63) is 65.7 Å². The van der Waals surface area contributed by atoms with Gasteiger partial charge in [0.1, 0.15) is 5.75 Å². The molecule has 0 radical (unpaired) electrons. The number of aliphatic imine (C=N–C) groups is 1. The fraction of sp³-hybridized carbons (Fsp3) is 0.333. The fourth-order valence-corrected chi connectivity index (χ4v) is 2.57. The lowest BCUT2D eigenvalue weighted by atomic mass is 10.2. The number of rotatable bonds is 8. The lowest BCUT2D eigenvalue weighted by Crippen LogP contribution is -2.39. The first-order chi connectivity index (χ1) is 13.1. The summed E-state index contributed by atoms with van der Waals surface area (Å²) in [5.74, 6) is 1.60. The Hall–Kier alpha value is -2.29. The third-order valence-electron chi connectivity index (χ3n) is 4.16. The SMILES string of the molecule is CN=C(NCCC(=O)N(C)Cc1ccccc1)NCc1ccc(OC)cc1.I. The van der Waals surface area contributed by atoms with Crippen molar-refractivity contribution in [1.29, 1.82) is 0 Å². The first-order valence-electron chi connectivity index (χ1n) is 8.97. The van der Waals surface area contributed by atoms with Crippen molar-refractivity contribution in [1.82, 2.24) is 15.5 Å². The molecule has 0 atom stereocenters. The second-order valence-corrected chi connectivity index (χ2v) is 6.19. The van der Waals surface area contributed by atoms with E-state index in [-0.39, 0.29) is 29.9 Å². The minimum Gasteiger partial charge on any atom is -0.497 e. The summed E-state index contributed by atoms with van der Waals surface area (Å²) < 4.78 is 5.16. The van der Waals surface area contributed by atoms with Crippen LogP contribution in [0.4, 0.5) is 0 Å². The Balaban J connectivity index is 0.00000392. The molecule has 152 valence electrons. The predicted molar refractivity (Wildman–Crippen MR) is 124 cm³/mol. The zero-order valence-corrected chi connectivity index (χ0v) is 19.0. The van der Waals surface area contributed by atoms with Gasteiger partial charge in [0, 0.05) is 40.2 Å². The zero-order chi connectivity index (χ0) is 19.5. The Morgan fingerprint density at radius 3 is 2.32 bits per heavy atom. The van der Waals surface area contributed by atoms with Crippen LogP contribution in [0.2, 0.25) is 0 Å². The van der Waals surface area contributed by atoms with Crippen LogP contribution in [-0.2, 0) is 17.9 Å². The largest absolute Gasteiger partial charge is 0.497 e. The maximum absolute atomic E-state index is 12.3. The number of amides is 1. The van der Waals surface area contributed by atoms with Gasteiger partial charge < -0.3 is 20.3 Å². The molecule has 0 heterocycles. The van der Waals surface area contributed by atoms with Crippen LogP contribution in [0.5, 0.6) is 5.75 Å². The van der Waals surface area contributed by atoms with Gasteiger partial charge in [-0.3, -0.25) is 9.79 Å². The van der Waals surface area contributed by atoms with Crippen molar-refractivity contribution >= 4 is 35.8 Å². The number of nitrogens with zero attached hydrogens (tertiary/aromatic N) is 2. The molecule has 0 aliphatic rings. The quantitative estimate of drug-likeness (QED) is 0.335. The van der Waals surface area contributed by atoms with Gasteiger partial charge in [0.2, 0.25) is 5.91 Å². The van der Waals surface area contributed by atoms with Gasteiger partial charge in [0.05, 0.1) is 7.11 Å². The highest BCUT2D eigenvalue weighted by Gasteiger charge is 2.09. The summed E-state index contributed by atoms with van der Waals surface area (Å²) in [5.41, 5.74) is 2.25. The Bertz CT molecular complexity index is 736. The van der Waals surface area contributed by atoms with Crippen molar-refractivity contribution < 1.29 is 9.53 Å². The molecule has 0 aliphatic carbocycles. The molecule has 6 nitrogen and oxygen atoms in total. The second-order valence-electron chi connectivity index (χ2n) is 6.19. The van der Waals surface area contributed by atoms with Crippen molar-refractivity contribution in [2.75, 3.05) is 27.7 Å². The molecule has 0 aromatic heterocycles. The summed E-state index contributed by atoms with van der Waals surface area (Å²) in [5, 5.41) is 6.42. The average Bonchev–Trinajstić information content (AvgIpc) is 2.71. The Morgan fingerprint density at radius 1 is 1.04 bits per heavy atom. The van der Waals surface area contributed by atoms with Crippen molar-refractivity contribution in [3.8, 4) is 5.75 Å². The highest BCUT2D eigenvalue weighted by atomic mass is 127. The molecule has 2 N–H and O–H groups in total. The van der Waals surface area contributed by atoms with Crippen LogP contribution < -0.4 is 15.4 Å². The summed E-state index contributed by atoms with van der Waals surface area (Å²) in [6.07, 6.45) is 0.409. The van der Waals surface area contributed by atoms with Crippen LogP contribution in [-0.4, -0.2) is 44.5 Å². The lowest BCUT2D eigenvalue weighted by molar-refractivity contribution is -0.130. The number of ether oxygens (including phenoxy) is 1. The monoisotopic (exact) mass is 496 g/mol. The van der Waals surface area contributed by atoms with Gasteiger partial charge in [-0.2, -0.15) is 0 Å². The number of hydrogen-bond donors (Lipinski definition) is 2. The number of hydrogen-bond acceptors (Lipinski definition) is 3. The van der Waals surface area contributed by atoms with E-state index in [2.05, 4.69) is 15.6 Å². The molecule has 1 amide bonds. The molecule has 0 spiro atoms. The van der Waals surface area contributed by atoms with E-state index in [0.29, 0.717) is 32.0 Å². The summed E-state index contributed by atoms with van der Waals surface area (Å²) in [4.78, 5) is 18.2. The summed E-state index contributed by atoms with van der Waals surface area (Å²) in [6.45, 7) is 1.79. The molecule has 0 unspecified atom stereocenters. The number of carbonyl (C=O) groups excluding carboxylic acids is 1. The van der Waals surface area contributed by atoms with Gasteiger partial charge >= 0.3 is 0 Å². The molecule has 0 fully saturated rings. The topological polar surface area (TPSA) is 66.0 Å². The van der Waals surface area contributed by atoms with Crippen LogP contribution in [0.15, 0.2) is 59.6 Å². The van der Waals surface area contributed by atoms with Gasteiger partial charge in [0.15, 0.2) is 5.96 Å². The van der Waals surface area contributed by atoms with E-state index in [4.69, 9.17) is 4.74 Å². The normalized spacial score (nSPS) is 10.6. The first-order valence-corrected chi connectivity index (χ1v) is 8.97. The smallest absolute Gasteiger partial charge is 0.224 e. The minimum atomic E-state index is 0. The maximum atomic E-state index is 12.3. The predicted octanol–water partition coefficient (Wildman–Crippen LogP) is 3.03. The Kier molecular flexibility index (Phi) is 11.0. The Labute approximate surface area is 184 Å². The van der Waals surface area contributed by atoms with Crippen LogP contribution in [0, 0.1) is 0 Å². The average molecular weight is 496 g/mol. The summed E-state index contributed by atoms with van der Waals surface area (Å²) in [7, 11) is 5.19. The van der Waals surface area contributed by atoms with E-state index < -0.39 is 0 Å². The van der Waals surface area contributed by atoms with Crippen LogP contribution >= 0.6 is 24.0 Å².